The molecule has 4 aliphatic rings. The van der Waals surface area contributed by atoms with Gasteiger partial charge in [-0.05, 0) is 74.5 Å². The predicted octanol–water partition coefficient (Wildman–Crippen LogP) is 3.74. The lowest BCUT2D eigenvalue weighted by Gasteiger charge is -2.66. The summed E-state index contributed by atoms with van der Waals surface area (Å²) in [5.74, 6) is 0.927. The van der Waals surface area contributed by atoms with E-state index in [-0.39, 0.29) is 6.04 Å². The highest BCUT2D eigenvalue weighted by Gasteiger charge is 2.61. The highest BCUT2D eigenvalue weighted by Crippen LogP contribution is 2.70. The molecule has 4 bridgehead atoms. The second-order valence-electron chi connectivity index (χ2n) is 8.98. The van der Waals surface area contributed by atoms with E-state index in [1.54, 1.807) is 0 Å². The minimum absolute atomic E-state index is 0.233. The van der Waals surface area contributed by atoms with Crippen LogP contribution in [0.1, 0.15) is 66.2 Å². The average molecular weight is 265 g/mol. The summed E-state index contributed by atoms with van der Waals surface area (Å²) in [5, 5.41) is 0. The van der Waals surface area contributed by atoms with Gasteiger partial charge in [-0.1, -0.05) is 13.8 Å². The van der Waals surface area contributed by atoms with Crippen molar-refractivity contribution in [2.45, 2.75) is 78.4 Å². The number of rotatable bonds is 4. The van der Waals surface area contributed by atoms with Gasteiger partial charge in [0.15, 0.2) is 0 Å². The van der Waals surface area contributed by atoms with Crippen molar-refractivity contribution < 1.29 is 4.74 Å². The van der Waals surface area contributed by atoms with Gasteiger partial charge in [0.25, 0.3) is 0 Å². The summed E-state index contributed by atoms with van der Waals surface area (Å²) in [4.78, 5) is 0. The summed E-state index contributed by atoms with van der Waals surface area (Å²) < 4.78 is 5.83. The Hall–Kier alpha value is -0.0800. The Morgan fingerprint density at radius 1 is 1.05 bits per heavy atom. The maximum Gasteiger partial charge on any atom is 0.0626 e. The van der Waals surface area contributed by atoms with Gasteiger partial charge in [-0.25, -0.2) is 0 Å². The van der Waals surface area contributed by atoms with Crippen LogP contribution in [0.4, 0.5) is 0 Å². The molecule has 19 heavy (non-hydrogen) atoms. The lowest BCUT2D eigenvalue weighted by atomic mass is 9.39. The maximum absolute atomic E-state index is 6.61. The fourth-order valence-corrected chi connectivity index (χ4v) is 6.42. The molecule has 3 unspecified atom stereocenters. The minimum atomic E-state index is 0.233. The molecule has 0 aliphatic heterocycles. The number of hydrogen-bond donors (Lipinski definition) is 1. The van der Waals surface area contributed by atoms with E-state index in [2.05, 4.69) is 27.7 Å². The normalized spacial score (nSPS) is 49.9. The summed E-state index contributed by atoms with van der Waals surface area (Å²) in [5.41, 5.74) is 8.11. The average Bonchev–Trinajstić information content (AvgIpc) is 2.20. The highest BCUT2D eigenvalue weighted by molar-refractivity contribution is 5.13. The fourth-order valence-electron chi connectivity index (χ4n) is 6.42. The Morgan fingerprint density at radius 2 is 1.63 bits per heavy atom. The van der Waals surface area contributed by atoms with Crippen LogP contribution in [0.2, 0.25) is 0 Å². The van der Waals surface area contributed by atoms with E-state index in [1.807, 2.05) is 0 Å². The van der Waals surface area contributed by atoms with Gasteiger partial charge in [0.2, 0.25) is 0 Å². The van der Waals surface area contributed by atoms with Crippen molar-refractivity contribution in [3.63, 3.8) is 0 Å². The van der Waals surface area contributed by atoms with Crippen LogP contribution in [0.3, 0.4) is 0 Å². The third-order valence-electron chi connectivity index (χ3n) is 6.07. The molecule has 0 radical (unpaired) electrons. The van der Waals surface area contributed by atoms with Crippen LogP contribution >= 0.6 is 0 Å². The quantitative estimate of drug-likeness (QED) is 0.840. The van der Waals surface area contributed by atoms with Gasteiger partial charge in [-0.15, -0.1) is 0 Å². The third-order valence-corrected chi connectivity index (χ3v) is 6.07. The number of nitrogens with two attached hydrogens (primary N) is 1. The fraction of sp³-hybridized carbons (Fsp3) is 1.00. The molecular formula is C17H31NO. The van der Waals surface area contributed by atoms with Crippen LogP contribution < -0.4 is 5.73 Å². The monoisotopic (exact) mass is 265 g/mol. The molecule has 0 saturated heterocycles. The van der Waals surface area contributed by atoms with Crippen molar-refractivity contribution in [2.24, 2.45) is 27.9 Å². The number of ether oxygens (including phenoxy) is 1. The van der Waals surface area contributed by atoms with Gasteiger partial charge in [-0.3, -0.25) is 0 Å². The van der Waals surface area contributed by atoms with Gasteiger partial charge in [-0.2, -0.15) is 0 Å². The molecule has 0 spiro atoms. The molecule has 0 heterocycles. The molecular weight excluding hydrogens is 234 g/mol. The van der Waals surface area contributed by atoms with Crippen LogP contribution in [-0.2, 0) is 4.74 Å². The molecule has 110 valence electrons. The van der Waals surface area contributed by atoms with Crippen LogP contribution in [0.15, 0.2) is 0 Å². The molecule has 0 aromatic carbocycles. The molecule has 4 rings (SSSR count). The molecule has 4 fully saturated rings. The summed E-state index contributed by atoms with van der Waals surface area (Å²) in [7, 11) is 0. The topological polar surface area (TPSA) is 35.2 Å². The third kappa shape index (κ3) is 2.35. The molecule has 2 heteroatoms. The van der Waals surface area contributed by atoms with Gasteiger partial charge in [0.1, 0.15) is 0 Å². The lowest BCUT2D eigenvalue weighted by molar-refractivity contribution is -0.161. The first-order chi connectivity index (χ1) is 8.74. The first kappa shape index (κ1) is 13.9. The summed E-state index contributed by atoms with van der Waals surface area (Å²) in [6.45, 7) is 9.99. The molecule has 2 nitrogen and oxygen atoms in total. The Bertz CT molecular complexity index is 346. The number of hydrogen-bond acceptors (Lipinski definition) is 2. The van der Waals surface area contributed by atoms with Crippen LogP contribution in [0.5, 0.6) is 0 Å². The standard InChI is InChI=1S/C17H31NO/c1-12(2)19-8-14(18)17-7-13-5-15(3,10-17)9-16(4,6-13)11-17/h12-14H,5-11,18H2,1-4H3. The molecule has 0 aromatic heterocycles. The van der Waals surface area contributed by atoms with Crippen molar-refractivity contribution in [3.8, 4) is 0 Å². The second kappa shape index (κ2) is 4.21. The van der Waals surface area contributed by atoms with E-state index in [0.29, 0.717) is 22.3 Å². The van der Waals surface area contributed by atoms with E-state index in [1.165, 1.54) is 38.5 Å². The zero-order chi connectivity index (χ0) is 13.9. The molecule has 3 atom stereocenters. The van der Waals surface area contributed by atoms with E-state index in [4.69, 9.17) is 10.5 Å². The molecule has 2 N–H and O–H groups in total. The van der Waals surface area contributed by atoms with E-state index in [0.717, 1.165) is 12.5 Å². The van der Waals surface area contributed by atoms with Gasteiger partial charge >= 0.3 is 0 Å². The van der Waals surface area contributed by atoms with Crippen LogP contribution in [-0.4, -0.2) is 18.8 Å². The first-order valence-electron chi connectivity index (χ1n) is 8.12. The summed E-state index contributed by atoms with van der Waals surface area (Å²) >= 11 is 0. The second-order valence-corrected chi connectivity index (χ2v) is 8.98. The van der Waals surface area contributed by atoms with Gasteiger partial charge in [0, 0.05) is 6.04 Å². The van der Waals surface area contributed by atoms with Crippen molar-refractivity contribution in [1.82, 2.24) is 0 Å². The Balaban J connectivity index is 1.80. The summed E-state index contributed by atoms with van der Waals surface area (Å²) in [6.07, 6.45) is 8.66. The van der Waals surface area contributed by atoms with Crippen molar-refractivity contribution in [1.29, 1.82) is 0 Å². The minimum Gasteiger partial charge on any atom is -0.377 e. The van der Waals surface area contributed by atoms with Crippen molar-refractivity contribution >= 4 is 0 Å². The Labute approximate surface area is 118 Å². The molecule has 0 aromatic rings. The Morgan fingerprint density at radius 3 is 2.11 bits per heavy atom. The first-order valence-corrected chi connectivity index (χ1v) is 8.12. The Kier molecular flexibility index (Phi) is 3.07. The largest absolute Gasteiger partial charge is 0.377 e. The SMILES string of the molecule is CC(C)OCC(N)C12CC3CC(C)(CC(C)(C3)C1)C2. The summed E-state index contributed by atoms with van der Waals surface area (Å²) in [6, 6.07) is 0.233. The predicted molar refractivity (Wildman–Crippen MR) is 78.9 cm³/mol. The van der Waals surface area contributed by atoms with Crippen molar-refractivity contribution in [3.05, 3.63) is 0 Å². The van der Waals surface area contributed by atoms with Gasteiger partial charge in [0.05, 0.1) is 12.7 Å². The van der Waals surface area contributed by atoms with E-state index < -0.39 is 0 Å². The smallest absolute Gasteiger partial charge is 0.0626 e. The van der Waals surface area contributed by atoms with Gasteiger partial charge < -0.3 is 10.5 Å². The molecule has 0 amide bonds. The highest BCUT2D eigenvalue weighted by atomic mass is 16.5. The van der Waals surface area contributed by atoms with Crippen LogP contribution in [0, 0.1) is 22.2 Å². The zero-order valence-corrected chi connectivity index (χ0v) is 13.2. The lowest BCUT2D eigenvalue weighted by Crippen LogP contribution is -2.61. The van der Waals surface area contributed by atoms with E-state index >= 15 is 0 Å². The van der Waals surface area contributed by atoms with E-state index in [9.17, 15) is 0 Å². The molecule has 4 saturated carbocycles. The van der Waals surface area contributed by atoms with Crippen molar-refractivity contribution in [2.75, 3.05) is 6.61 Å². The molecule has 4 aliphatic carbocycles. The van der Waals surface area contributed by atoms with Crippen LogP contribution in [0.25, 0.3) is 0 Å². The maximum atomic E-state index is 6.61. The zero-order valence-electron chi connectivity index (χ0n) is 13.2.